The Bertz CT molecular complexity index is 786. The van der Waals surface area contributed by atoms with Gasteiger partial charge >= 0.3 is 0 Å². The number of furan rings is 1. The molecule has 2 heterocycles. The van der Waals surface area contributed by atoms with Crippen LogP contribution in [0.5, 0.6) is 0 Å². The monoisotopic (exact) mass is 405 g/mol. The Labute approximate surface area is 171 Å². The molecule has 1 aromatic carbocycles. The lowest BCUT2D eigenvalue weighted by Crippen LogP contribution is -2.34. The number of hydrogen-bond donors (Lipinski definition) is 3. The minimum absolute atomic E-state index is 0. The van der Waals surface area contributed by atoms with Crippen molar-refractivity contribution in [3.05, 3.63) is 47.9 Å². The van der Waals surface area contributed by atoms with E-state index in [2.05, 4.69) is 22.9 Å². The fourth-order valence-electron chi connectivity index (χ4n) is 3.51. The number of piperidine rings is 1. The fourth-order valence-corrected chi connectivity index (χ4v) is 3.51. The molecule has 3 rings (SSSR count). The summed E-state index contributed by atoms with van der Waals surface area (Å²) in [5, 5.41) is 9.19. The predicted molar refractivity (Wildman–Crippen MR) is 113 cm³/mol. The summed E-state index contributed by atoms with van der Waals surface area (Å²) in [6, 6.07) is 8.74. The molecule has 1 aliphatic heterocycles. The van der Waals surface area contributed by atoms with Crippen LogP contribution in [0, 0.1) is 18.8 Å². The summed E-state index contributed by atoms with van der Waals surface area (Å²) in [5.41, 5.74) is 2.30. The van der Waals surface area contributed by atoms with Crippen molar-refractivity contribution < 1.29 is 14.0 Å². The molecule has 2 amide bonds. The van der Waals surface area contributed by atoms with E-state index in [1.807, 2.05) is 13.0 Å². The molecule has 0 spiro atoms. The van der Waals surface area contributed by atoms with Crippen LogP contribution < -0.4 is 16.0 Å². The zero-order valence-corrected chi connectivity index (χ0v) is 17.1. The normalized spacial score (nSPS) is 17.3. The Balaban J connectivity index is 0.00000280. The summed E-state index contributed by atoms with van der Waals surface area (Å²) in [6.45, 7) is 6.12. The van der Waals surface area contributed by atoms with E-state index in [1.54, 1.807) is 24.3 Å². The van der Waals surface area contributed by atoms with Crippen LogP contribution in [0.3, 0.4) is 0 Å². The summed E-state index contributed by atoms with van der Waals surface area (Å²) in [6.07, 6.45) is 4.35. The minimum Gasteiger partial charge on any atom is -0.459 e. The molecule has 3 N–H and O–H groups in total. The maximum atomic E-state index is 12.4. The average molecular weight is 406 g/mol. The maximum absolute atomic E-state index is 12.4. The van der Waals surface area contributed by atoms with Crippen molar-refractivity contribution in [1.29, 1.82) is 0 Å². The minimum atomic E-state index is -0.296. The van der Waals surface area contributed by atoms with Crippen LogP contribution in [0.4, 0.5) is 11.4 Å². The van der Waals surface area contributed by atoms with E-state index in [9.17, 15) is 9.59 Å². The van der Waals surface area contributed by atoms with Gasteiger partial charge in [-0.25, -0.2) is 0 Å². The molecular formula is C21H28ClN3O3. The second-order valence-electron chi connectivity index (χ2n) is 7.30. The summed E-state index contributed by atoms with van der Waals surface area (Å²) in [5.74, 6) is 0.906. The van der Waals surface area contributed by atoms with Crippen LogP contribution >= 0.6 is 12.4 Å². The third-order valence-electron chi connectivity index (χ3n) is 5.15. The Morgan fingerprint density at radius 1 is 1.29 bits per heavy atom. The van der Waals surface area contributed by atoms with Crippen molar-refractivity contribution in [2.75, 3.05) is 23.7 Å². The van der Waals surface area contributed by atoms with Gasteiger partial charge in [0.1, 0.15) is 0 Å². The summed E-state index contributed by atoms with van der Waals surface area (Å²) in [4.78, 5) is 24.5. The molecule has 7 heteroatoms. The molecule has 6 nitrogen and oxygen atoms in total. The topological polar surface area (TPSA) is 83.4 Å². The van der Waals surface area contributed by atoms with Gasteiger partial charge in [-0.05, 0) is 80.6 Å². The maximum Gasteiger partial charge on any atom is 0.291 e. The van der Waals surface area contributed by atoms with Gasteiger partial charge in [0, 0.05) is 17.8 Å². The fraction of sp³-hybridized carbons (Fsp3) is 0.429. The molecule has 1 aromatic heterocycles. The molecule has 1 fully saturated rings. The van der Waals surface area contributed by atoms with Gasteiger partial charge in [-0.15, -0.1) is 12.4 Å². The van der Waals surface area contributed by atoms with Crippen molar-refractivity contribution in [2.45, 2.75) is 33.1 Å². The third kappa shape index (κ3) is 5.84. The summed E-state index contributed by atoms with van der Waals surface area (Å²) < 4.78 is 5.10. The summed E-state index contributed by atoms with van der Waals surface area (Å²) in [7, 11) is 0. The first-order valence-electron chi connectivity index (χ1n) is 9.49. The Morgan fingerprint density at radius 2 is 2.11 bits per heavy atom. The van der Waals surface area contributed by atoms with E-state index in [4.69, 9.17) is 4.42 Å². The van der Waals surface area contributed by atoms with Gasteiger partial charge in [0.05, 0.1) is 6.26 Å². The largest absolute Gasteiger partial charge is 0.459 e. The van der Waals surface area contributed by atoms with Gasteiger partial charge in [-0.2, -0.15) is 0 Å². The second kappa shape index (κ2) is 10.3. The van der Waals surface area contributed by atoms with Gasteiger partial charge in [0.2, 0.25) is 5.91 Å². The predicted octanol–water partition coefficient (Wildman–Crippen LogP) is 4.23. The number of rotatable bonds is 6. The number of aryl methyl sites for hydroxylation is 1. The molecule has 0 radical (unpaired) electrons. The number of carbonyl (C=O) groups excluding carboxylic acids is 2. The highest BCUT2D eigenvalue weighted by molar-refractivity contribution is 6.03. The highest BCUT2D eigenvalue weighted by Gasteiger charge is 2.22. The second-order valence-corrected chi connectivity index (χ2v) is 7.30. The number of carbonyl (C=O) groups is 2. The van der Waals surface area contributed by atoms with E-state index in [1.165, 1.54) is 19.1 Å². The Hall–Kier alpha value is -2.31. The molecule has 152 valence electrons. The average Bonchev–Trinajstić information content (AvgIpc) is 3.19. The molecular weight excluding hydrogens is 378 g/mol. The lowest BCUT2D eigenvalue weighted by molar-refractivity contribution is -0.117. The van der Waals surface area contributed by atoms with Crippen molar-refractivity contribution >= 4 is 35.6 Å². The molecule has 0 saturated carbocycles. The molecule has 28 heavy (non-hydrogen) atoms. The zero-order chi connectivity index (χ0) is 19.2. The van der Waals surface area contributed by atoms with E-state index in [0.717, 1.165) is 24.3 Å². The molecule has 1 aliphatic rings. The smallest absolute Gasteiger partial charge is 0.291 e. The Morgan fingerprint density at radius 3 is 2.75 bits per heavy atom. The van der Waals surface area contributed by atoms with Crippen LogP contribution in [0.1, 0.15) is 42.3 Å². The van der Waals surface area contributed by atoms with Crippen molar-refractivity contribution in [3.63, 3.8) is 0 Å². The standard InChI is InChI=1S/C21H27N3O3.ClH/c1-14(16-5-3-9-22-13-16)12-20(25)23-17-7-8-18(15(2)11-17)24-21(26)19-6-4-10-27-19;/h4,6-8,10-11,14,16,22H,3,5,9,12-13H2,1-2H3,(H,23,25)(H,24,26);1H. The van der Waals surface area contributed by atoms with Gasteiger partial charge in [-0.1, -0.05) is 6.92 Å². The van der Waals surface area contributed by atoms with E-state index in [0.29, 0.717) is 23.9 Å². The molecule has 0 aliphatic carbocycles. The number of nitrogens with one attached hydrogen (secondary N) is 3. The number of amides is 2. The van der Waals surface area contributed by atoms with Crippen LogP contribution in [0.25, 0.3) is 0 Å². The molecule has 1 saturated heterocycles. The van der Waals surface area contributed by atoms with Gasteiger partial charge in [0.15, 0.2) is 5.76 Å². The van der Waals surface area contributed by atoms with Crippen LogP contribution in [0.15, 0.2) is 41.0 Å². The number of hydrogen-bond acceptors (Lipinski definition) is 4. The van der Waals surface area contributed by atoms with Gasteiger partial charge in [0.25, 0.3) is 5.91 Å². The van der Waals surface area contributed by atoms with Gasteiger partial charge in [-0.3, -0.25) is 9.59 Å². The van der Waals surface area contributed by atoms with Crippen LogP contribution in [-0.4, -0.2) is 24.9 Å². The zero-order valence-electron chi connectivity index (χ0n) is 16.3. The highest BCUT2D eigenvalue weighted by Crippen LogP contribution is 2.24. The Kier molecular flexibility index (Phi) is 8.08. The molecule has 2 aromatic rings. The van der Waals surface area contributed by atoms with E-state index < -0.39 is 0 Å². The highest BCUT2D eigenvalue weighted by atomic mass is 35.5. The lowest BCUT2D eigenvalue weighted by atomic mass is 9.85. The van der Waals surface area contributed by atoms with Crippen molar-refractivity contribution in [3.8, 4) is 0 Å². The third-order valence-corrected chi connectivity index (χ3v) is 5.15. The van der Waals surface area contributed by atoms with Crippen molar-refractivity contribution in [1.82, 2.24) is 5.32 Å². The first-order valence-corrected chi connectivity index (χ1v) is 9.49. The van der Waals surface area contributed by atoms with Crippen molar-refractivity contribution in [2.24, 2.45) is 11.8 Å². The lowest BCUT2D eigenvalue weighted by Gasteiger charge is -2.28. The molecule has 2 unspecified atom stereocenters. The first kappa shape index (κ1) is 22.0. The molecule has 0 bridgehead atoms. The summed E-state index contributed by atoms with van der Waals surface area (Å²) >= 11 is 0. The molecule has 2 atom stereocenters. The van der Waals surface area contributed by atoms with Gasteiger partial charge < -0.3 is 20.4 Å². The quantitative estimate of drug-likeness (QED) is 0.671. The van der Waals surface area contributed by atoms with E-state index >= 15 is 0 Å². The van der Waals surface area contributed by atoms with Crippen LogP contribution in [-0.2, 0) is 4.79 Å². The number of benzene rings is 1. The number of anilines is 2. The van der Waals surface area contributed by atoms with Crippen LogP contribution in [0.2, 0.25) is 0 Å². The first-order chi connectivity index (χ1) is 13.0. The SMILES string of the molecule is Cc1cc(NC(=O)CC(C)C2CCCNC2)ccc1NC(=O)c1ccco1.Cl. The van der Waals surface area contributed by atoms with E-state index in [-0.39, 0.29) is 30.0 Å². The number of halogens is 1.